The molecule has 0 N–H and O–H groups in total. The first-order chi connectivity index (χ1) is 34.6. The lowest BCUT2D eigenvalue weighted by Crippen LogP contribution is -2.74. The predicted octanol–water partition coefficient (Wildman–Crippen LogP) is 10.8. The molecule has 0 aliphatic carbocycles. The fourth-order valence-corrected chi connectivity index (χ4v) is 14.1. The van der Waals surface area contributed by atoms with Gasteiger partial charge in [0, 0.05) is 27.1 Å². The number of benzene rings is 9. The molecule has 0 aliphatic rings. The number of hydrogen-bond acceptors (Lipinski definition) is 3. The topological polar surface area (TPSA) is 48.5 Å². The standard InChI is InChI=1S/C57H39N5Si/c1-4-20-40(21-5-1)41-22-18-28-45(38-41)63(43-24-6-2-7-25-43,44-26-8-3-9-27-44)46-29-19-23-42(39-46)55-58-56(61-51-34-14-10-30-47(51)48-31-11-15-35-52(48)61)60-57(59-55)62-53-36-16-12-32-49(53)50-33-13-17-37-54(50)62/h1-39H/i10D,11D,14D,15D,30D,31D,34D,35D. The molecule has 5 nitrogen and oxygen atoms in total. The molecule has 3 heterocycles. The van der Waals surface area contributed by atoms with Crippen molar-refractivity contribution in [2.24, 2.45) is 0 Å². The van der Waals surface area contributed by atoms with E-state index in [1.54, 1.807) is 0 Å². The molecule has 0 bridgehead atoms. The van der Waals surface area contributed by atoms with Gasteiger partial charge < -0.3 is 0 Å². The van der Waals surface area contributed by atoms with Gasteiger partial charge in [-0.1, -0.05) is 212 Å². The van der Waals surface area contributed by atoms with Crippen LogP contribution < -0.4 is 20.7 Å². The van der Waals surface area contributed by atoms with Crippen molar-refractivity contribution in [1.82, 2.24) is 24.1 Å². The predicted molar refractivity (Wildman–Crippen MR) is 263 cm³/mol. The summed E-state index contributed by atoms with van der Waals surface area (Å²) in [4.78, 5) is 15.6. The van der Waals surface area contributed by atoms with Crippen molar-refractivity contribution in [3.05, 3.63) is 236 Å². The number of para-hydroxylation sites is 4. The van der Waals surface area contributed by atoms with Crippen LogP contribution in [-0.2, 0) is 0 Å². The Balaban J connectivity index is 1.20. The first-order valence-corrected chi connectivity index (χ1v) is 22.7. The van der Waals surface area contributed by atoms with E-state index in [0.29, 0.717) is 5.56 Å². The molecule has 0 fully saturated rings. The number of aromatic nitrogens is 5. The lowest BCUT2D eigenvalue weighted by atomic mass is 10.1. The molecule has 63 heavy (non-hydrogen) atoms. The highest BCUT2D eigenvalue weighted by Crippen LogP contribution is 2.34. The van der Waals surface area contributed by atoms with E-state index in [1.165, 1.54) is 4.57 Å². The lowest BCUT2D eigenvalue weighted by Gasteiger charge is -2.35. The third kappa shape index (κ3) is 5.95. The minimum Gasteiger partial charge on any atom is -0.278 e. The molecule has 3 aromatic heterocycles. The van der Waals surface area contributed by atoms with E-state index in [2.05, 4.69) is 97.1 Å². The summed E-state index contributed by atoms with van der Waals surface area (Å²) in [6.45, 7) is 0. The van der Waals surface area contributed by atoms with Crippen molar-refractivity contribution in [3.8, 4) is 34.4 Å². The third-order valence-corrected chi connectivity index (χ3v) is 16.7. The monoisotopic (exact) mass is 829 g/mol. The molecule has 0 saturated heterocycles. The van der Waals surface area contributed by atoms with Crippen LogP contribution in [0.15, 0.2) is 236 Å². The smallest absolute Gasteiger partial charge is 0.240 e. The van der Waals surface area contributed by atoms with Crippen LogP contribution >= 0.6 is 0 Å². The average Bonchev–Trinajstić information content (AvgIpc) is 3.97. The summed E-state index contributed by atoms with van der Waals surface area (Å²) in [5.74, 6) is 0.319. The van der Waals surface area contributed by atoms with Crippen LogP contribution in [-0.4, -0.2) is 32.2 Å². The van der Waals surface area contributed by atoms with Crippen LogP contribution in [0.3, 0.4) is 0 Å². The van der Waals surface area contributed by atoms with Gasteiger partial charge in [-0.05, 0) is 56.1 Å². The molecule has 12 aromatic rings. The van der Waals surface area contributed by atoms with E-state index in [9.17, 15) is 2.74 Å². The van der Waals surface area contributed by atoms with Gasteiger partial charge in [0.2, 0.25) is 11.9 Å². The highest BCUT2D eigenvalue weighted by molar-refractivity contribution is 7.20. The van der Waals surface area contributed by atoms with E-state index >= 15 is 0 Å². The van der Waals surface area contributed by atoms with Gasteiger partial charge in [-0.25, -0.2) is 0 Å². The van der Waals surface area contributed by atoms with Crippen molar-refractivity contribution in [2.75, 3.05) is 0 Å². The van der Waals surface area contributed by atoms with Crippen molar-refractivity contribution in [3.63, 3.8) is 0 Å². The van der Waals surface area contributed by atoms with Gasteiger partial charge in [-0.15, -0.1) is 0 Å². The van der Waals surface area contributed by atoms with Crippen LogP contribution in [0.25, 0.3) is 78.0 Å². The molecule has 0 saturated carbocycles. The van der Waals surface area contributed by atoms with Crippen LogP contribution in [0.2, 0.25) is 0 Å². The first kappa shape index (κ1) is 29.1. The molecule has 6 heteroatoms. The summed E-state index contributed by atoms with van der Waals surface area (Å²) < 4.78 is 75.3. The quantitative estimate of drug-likeness (QED) is 0.113. The minimum atomic E-state index is -3.21. The largest absolute Gasteiger partial charge is 0.278 e. The summed E-state index contributed by atoms with van der Waals surface area (Å²) >= 11 is 0. The van der Waals surface area contributed by atoms with Gasteiger partial charge in [-0.3, -0.25) is 9.13 Å². The number of rotatable bonds is 8. The summed E-state index contributed by atoms with van der Waals surface area (Å²) in [6.07, 6.45) is 0. The Morgan fingerprint density at radius 3 is 1.30 bits per heavy atom. The van der Waals surface area contributed by atoms with Crippen molar-refractivity contribution in [2.45, 2.75) is 0 Å². The normalized spacial score (nSPS) is 13.6. The second-order valence-corrected chi connectivity index (χ2v) is 19.2. The molecular formula is C57H39N5Si. The Bertz CT molecular complexity index is 3940. The fraction of sp³-hybridized carbons (Fsp3) is 0. The van der Waals surface area contributed by atoms with E-state index in [4.69, 9.17) is 23.2 Å². The van der Waals surface area contributed by atoms with Crippen molar-refractivity contribution in [1.29, 1.82) is 0 Å². The Hall–Kier alpha value is -8.19. The zero-order chi connectivity index (χ0) is 48.7. The third-order valence-electron chi connectivity index (χ3n) is 12.0. The fourth-order valence-electron chi connectivity index (χ4n) is 9.27. The van der Waals surface area contributed by atoms with Gasteiger partial charge in [0.25, 0.3) is 0 Å². The van der Waals surface area contributed by atoms with Crippen molar-refractivity contribution >= 4 is 72.4 Å². The molecule has 0 spiro atoms. The maximum Gasteiger partial charge on any atom is 0.240 e. The maximum absolute atomic E-state index is 9.34. The molecular weight excluding hydrogens is 783 g/mol. The minimum absolute atomic E-state index is 0.0698. The Kier molecular flexibility index (Phi) is 6.96. The van der Waals surface area contributed by atoms with Gasteiger partial charge in [-0.2, -0.15) is 15.0 Å². The van der Waals surface area contributed by atoms with Crippen LogP contribution in [0, 0.1) is 0 Å². The summed E-state index contributed by atoms with van der Waals surface area (Å²) in [6, 6.07) is 60.5. The zero-order valence-corrected chi connectivity index (χ0v) is 34.6. The first-order valence-electron chi connectivity index (χ1n) is 24.7. The molecule has 0 aliphatic heterocycles. The Labute approximate surface area is 377 Å². The molecule has 0 atom stereocenters. The van der Waals surface area contributed by atoms with Crippen LogP contribution in [0.1, 0.15) is 11.0 Å². The van der Waals surface area contributed by atoms with E-state index < -0.39 is 56.4 Å². The molecule has 296 valence electrons. The molecule has 0 unspecified atom stereocenters. The zero-order valence-electron chi connectivity index (χ0n) is 41.6. The Morgan fingerprint density at radius 2 is 0.746 bits per heavy atom. The van der Waals surface area contributed by atoms with E-state index in [0.717, 1.165) is 53.7 Å². The van der Waals surface area contributed by atoms with Crippen LogP contribution in [0.4, 0.5) is 0 Å². The second-order valence-electron chi connectivity index (χ2n) is 15.4. The lowest BCUT2D eigenvalue weighted by molar-refractivity contribution is 0.893. The molecule has 0 radical (unpaired) electrons. The molecule has 12 rings (SSSR count). The van der Waals surface area contributed by atoms with Gasteiger partial charge in [0.1, 0.15) is 0 Å². The number of hydrogen-bond donors (Lipinski definition) is 0. The van der Waals surface area contributed by atoms with E-state index in [1.807, 2.05) is 95.6 Å². The number of nitrogens with zero attached hydrogens (tertiary/aromatic N) is 5. The van der Waals surface area contributed by atoms with Gasteiger partial charge in [0.15, 0.2) is 13.9 Å². The Morgan fingerprint density at radius 1 is 0.333 bits per heavy atom. The van der Waals surface area contributed by atoms with Crippen molar-refractivity contribution < 1.29 is 11.0 Å². The summed E-state index contributed by atoms with van der Waals surface area (Å²) in [7, 11) is -3.21. The average molecular weight is 830 g/mol. The summed E-state index contributed by atoms with van der Waals surface area (Å²) in [5, 5.41) is 6.27. The SMILES string of the molecule is [2H]c1c([2H])c([2H])c2c(c1[2H])c1c([2H])c([2H])c([2H])c([2H])c1n2-c1nc(-c2cccc([Si](c3ccccc3)(c3ccccc3)c3cccc(-c4ccccc4)c3)c2)nc(-n2c3ccccc3c3ccccc32)n1. The van der Waals surface area contributed by atoms with E-state index in [-0.39, 0.29) is 39.5 Å². The van der Waals surface area contributed by atoms with Gasteiger partial charge in [0.05, 0.1) is 33.0 Å². The maximum atomic E-state index is 9.34. The van der Waals surface area contributed by atoms with Gasteiger partial charge >= 0.3 is 0 Å². The highest BCUT2D eigenvalue weighted by atomic mass is 28.3. The summed E-state index contributed by atoms with van der Waals surface area (Å²) in [5.41, 5.74) is 4.24. The van der Waals surface area contributed by atoms with Crippen LogP contribution in [0.5, 0.6) is 0 Å². The second kappa shape index (κ2) is 15.1. The highest BCUT2D eigenvalue weighted by Gasteiger charge is 2.42. The molecule has 0 amide bonds. The number of fused-ring (bicyclic) bond motifs is 6. The molecule has 9 aromatic carbocycles.